The number of para-hydroxylation sites is 1. The van der Waals surface area contributed by atoms with Crippen LogP contribution in [0.3, 0.4) is 0 Å². The molecule has 0 unspecified atom stereocenters. The van der Waals surface area contributed by atoms with Crippen LogP contribution in [-0.2, 0) is 5.72 Å². The number of hydrogen-bond acceptors (Lipinski definition) is 3. The Morgan fingerprint density at radius 1 is 0.913 bits per heavy atom. The van der Waals surface area contributed by atoms with Gasteiger partial charge >= 0.3 is 0 Å². The number of aromatic nitrogens is 1. The van der Waals surface area contributed by atoms with Crippen LogP contribution in [0.1, 0.15) is 21.5 Å². The topological polar surface area (TPSA) is 53.4 Å². The summed E-state index contributed by atoms with van der Waals surface area (Å²) in [5.41, 5.74) is 0.669. The van der Waals surface area contributed by atoms with Crippen molar-refractivity contribution in [3.05, 3.63) is 95.8 Å². The summed E-state index contributed by atoms with van der Waals surface area (Å²) >= 11 is 0. The summed E-state index contributed by atoms with van der Waals surface area (Å²) in [5.74, 6) is -0.236. The van der Waals surface area contributed by atoms with E-state index >= 15 is 0 Å². The third kappa shape index (κ3) is 1.89. The van der Waals surface area contributed by atoms with Crippen LogP contribution in [0.15, 0.2) is 79.1 Å². The van der Waals surface area contributed by atoms with Crippen molar-refractivity contribution < 1.29 is 9.90 Å². The predicted molar refractivity (Wildman–Crippen MR) is 86.9 cm³/mol. The number of nitrogens with zero attached hydrogens (tertiary/aromatic N) is 2. The molecule has 1 amide bonds. The zero-order valence-electron chi connectivity index (χ0n) is 12.3. The lowest BCUT2D eigenvalue weighted by Gasteiger charge is -2.34. The summed E-state index contributed by atoms with van der Waals surface area (Å²) in [4.78, 5) is 18.5. The van der Waals surface area contributed by atoms with Crippen LogP contribution in [0.2, 0.25) is 0 Å². The fourth-order valence-electron chi connectivity index (χ4n) is 3.08. The van der Waals surface area contributed by atoms with Gasteiger partial charge in [0.25, 0.3) is 5.91 Å². The Morgan fingerprint density at radius 2 is 1.57 bits per heavy atom. The molecule has 112 valence electrons. The fourth-order valence-corrected chi connectivity index (χ4v) is 3.08. The highest BCUT2D eigenvalue weighted by Crippen LogP contribution is 2.44. The Bertz CT molecular complexity index is 865. The molecule has 4 nitrogen and oxygen atoms in total. The summed E-state index contributed by atoms with van der Waals surface area (Å²) in [7, 11) is 0. The lowest BCUT2D eigenvalue weighted by molar-refractivity contribution is 0.0702. The second kappa shape index (κ2) is 5.04. The molecular formula is C19H14N2O2. The minimum Gasteiger partial charge on any atom is -0.363 e. The molecular weight excluding hydrogens is 288 g/mol. The van der Waals surface area contributed by atoms with Crippen LogP contribution in [0.4, 0.5) is 5.69 Å². The molecule has 0 aliphatic carbocycles. The molecule has 0 spiro atoms. The van der Waals surface area contributed by atoms with Crippen LogP contribution in [0, 0.1) is 0 Å². The maximum Gasteiger partial charge on any atom is 0.261 e. The molecule has 4 heteroatoms. The van der Waals surface area contributed by atoms with E-state index in [4.69, 9.17) is 0 Å². The molecule has 2 heterocycles. The van der Waals surface area contributed by atoms with Crippen LogP contribution in [0.25, 0.3) is 0 Å². The molecule has 1 aliphatic rings. The van der Waals surface area contributed by atoms with Crippen molar-refractivity contribution in [2.75, 3.05) is 4.90 Å². The second-order valence-corrected chi connectivity index (χ2v) is 5.44. The third-order valence-corrected chi connectivity index (χ3v) is 4.14. The first-order chi connectivity index (χ1) is 11.2. The van der Waals surface area contributed by atoms with Crippen molar-refractivity contribution in [2.24, 2.45) is 0 Å². The molecule has 1 atom stereocenters. The number of fused-ring (bicyclic) bond motifs is 1. The maximum atomic E-state index is 12.9. The first-order valence-electron chi connectivity index (χ1n) is 7.35. The Kier molecular flexibility index (Phi) is 2.99. The van der Waals surface area contributed by atoms with Gasteiger partial charge in [0.05, 0.1) is 5.56 Å². The van der Waals surface area contributed by atoms with Gasteiger partial charge in [-0.25, -0.2) is 0 Å². The van der Waals surface area contributed by atoms with Gasteiger partial charge in [-0.1, -0.05) is 48.5 Å². The van der Waals surface area contributed by atoms with Crippen LogP contribution < -0.4 is 4.90 Å². The normalized spacial score (nSPS) is 19.7. The largest absolute Gasteiger partial charge is 0.363 e. The summed E-state index contributed by atoms with van der Waals surface area (Å²) in [6.45, 7) is 0. The summed E-state index contributed by atoms with van der Waals surface area (Å²) in [6.07, 6.45) is 3.12. The van der Waals surface area contributed by atoms with Crippen molar-refractivity contribution in [1.29, 1.82) is 0 Å². The van der Waals surface area contributed by atoms with Gasteiger partial charge in [-0.15, -0.1) is 0 Å². The first-order valence-corrected chi connectivity index (χ1v) is 7.35. The molecule has 23 heavy (non-hydrogen) atoms. The third-order valence-electron chi connectivity index (χ3n) is 4.14. The van der Waals surface area contributed by atoms with Gasteiger partial charge in [0, 0.05) is 29.2 Å². The molecule has 3 aromatic rings. The number of anilines is 1. The highest BCUT2D eigenvalue weighted by atomic mass is 16.3. The molecule has 2 aromatic carbocycles. The SMILES string of the molecule is O=C1c2ccncc2[C@@](O)(c2ccccc2)N1c1ccccc1. The second-order valence-electron chi connectivity index (χ2n) is 5.44. The van der Waals surface area contributed by atoms with Gasteiger partial charge in [-0.05, 0) is 18.2 Å². The number of carbonyl (C=O) groups excluding carboxylic acids is 1. The van der Waals surface area contributed by atoms with Gasteiger partial charge in [0.1, 0.15) is 0 Å². The number of amides is 1. The number of hydrogen-bond donors (Lipinski definition) is 1. The zero-order valence-corrected chi connectivity index (χ0v) is 12.3. The van der Waals surface area contributed by atoms with Gasteiger partial charge in [0.2, 0.25) is 0 Å². The monoisotopic (exact) mass is 302 g/mol. The molecule has 0 fully saturated rings. The van der Waals surface area contributed by atoms with Gasteiger partial charge in [0.15, 0.2) is 5.72 Å². The fraction of sp³-hybridized carbons (Fsp3) is 0.0526. The van der Waals surface area contributed by atoms with Crippen molar-refractivity contribution >= 4 is 11.6 Å². The molecule has 0 radical (unpaired) electrons. The van der Waals surface area contributed by atoms with Crippen LogP contribution in [0.5, 0.6) is 0 Å². The highest BCUT2D eigenvalue weighted by molar-refractivity contribution is 6.12. The van der Waals surface area contributed by atoms with E-state index in [9.17, 15) is 9.90 Å². The van der Waals surface area contributed by atoms with Crippen molar-refractivity contribution in [3.63, 3.8) is 0 Å². The van der Waals surface area contributed by atoms with Gasteiger partial charge in [-0.3, -0.25) is 14.7 Å². The Hall–Kier alpha value is -2.98. The maximum absolute atomic E-state index is 12.9. The van der Waals surface area contributed by atoms with E-state index in [0.717, 1.165) is 0 Å². The molecule has 1 aliphatic heterocycles. The molecule has 1 N–H and O–H groups in total. The average Bonchev–Trinajstić information content (AvgIpc) is 2.86. The first kappa shape index (κ1) is 13.7. The van der Waals surface area contributed by atoms with E-state index in [2.05, 4.69) is 4.98 Å². The molecule has 0 saturated heterocycles. The Morgan fingerprint density at radius 3 is 2.26 bits per heavy atom. The average molecular weight is 302 g/mol. The number of benzene rings is 2. The van der Waals surface area contributed by atoms with Crippen molar-refractivity contribution in [2.45, 2.75) is 5.72 Å². The molecule has 4 rings (SSSR count). The van der Waals surface area contributed by atoms with E-state index in [1.807, 2.05) is 60.7 Å². The molecule has 0 saturated carbocycles. The standard InChI is InChI=1S/C19H14N2O2/c22-18-16-11-12-20-13-17(16)19(23,14-7-3-1-4-8-14)21(18)15-9-5-2-6-10-15/h1-13,23H/t19-/m0/s1. The quantitative estimate of drug-likeness (QED) is 0.792. The zero-order chi connectivity index (χ0) is 15.9. The summed E-state index contributed by atoms with van der Waals surface area (Å²) < 4.78 is 0. The van der Waals surface area contributed by atoms with E-state index < -0.39 is 5.72 Å². The number of pyridine rings is 1. The van der Waals surface area contributed by atoms with E-state index in [0.29, 0.717) is 22.4 Å². The van der Waals surface area contributed by atoms with Gasteiger partial charge < -0.3 is 5.11 Å². The van der Waals surface area contributed by atoms with Gasteiger partial charge in [-0.2, -0.15) is 0 Å². The number of rotatable bonds is 2. The predicted octanol–water partition coefficient (Wildman–Crippen LogP) is 2.94. The lowest BCUT2D eigenvalue weighted by atomic mass is 9.95. The van der Waals surface area contributed by atoms with Crippen LogP contribution in [-0.4, -0.2) is 16.0 Å². The molecule has 0 bridgehead atoms. The molecule has 1 aromatic heterocycles. The van der Waals surface area contributed by atoms with Crippen molar-refractivity contribution in [1.82, 2.24) is 4.98 Å². The smallest absolute Gasteiger partial charge is 0.261 e. The lowest BCUT2D eigenvalue weighted by Crippen LogP contribution is -2.45. The van der Waals surface area contributed by atoms with E-state index in [-0.39, 0.29) is 5.91 Å². The number of aliphatic hydroxyl groups is 1. The summed E-state index contributed by atoms with van der Waals surface area (Å²) in [5, 5.41) is 11.6. The highest BCUT2D eigenvalue weighted by Gasteiger charge is 2.50. The van der Waals surface area contributed by atoms with E-state index in [1.165, 1.54) is 4.90 Å². The summed E-state index contributed by atoms with van der Waals surface area (Å²) in [6, 6.07) is 20.0. The number of carbonyl (C=O) groups is 1. The van der Waals surface area contributed by atoms with E-state index in [1.54, 1.807) is 18.5 Å². The minimum atomic E-state index is -1.57. The minimum absolute atomic E-state index is 0.236. The van der Waals surface area contributed by atoms with Crippen molar-refractivity contribution in [3.8, 4) is 0 Å². The Labute approximate surface area is 133 Å². The Balaban J connectivity index is 2.01. The van der Waals surface area contributed by atoms with Crippen LogP contribution >= 0.6 is 0 Å².